The highest BCUT2D eigenvalue weighted by Gasteiger charge is 2.55. The fourth-order valence-electron chi connectivity index (χ4n) is 5.59. The van der Waals surface area contributed by atoms with Crippen LogP contribution in [0.25, 0.3) is 0 Å². The van der Waals surface area contributed by atoms with E-state index in [0.717, 1.165) is 37.7 Å². The third kappa shape index (κ3) is 3.22. The SMILES string of the molecule is Cc1cc(Cl)ccc1OC(C)(C)C(=O)N[C@H]1[C@@H]2CC3C[C@H]1C[C@](O)(C3)C2. The molecule has 1 amide bonds. The van der Waals surface area contributed by atoms with Crippen LogP contribution < -0.4 is 10.1 Å². The summed E-state index contributed by atoms with van der Waals surface area (Å²) in [5.41, 5.74) is -0.538. The second-order valence-corrected chi connectivity index (χ2v) is 9.65. The standard InChI is InChI=1S/C21H28ClNO3/c1-12-6-16(22)4-5-17(12)26-20(2,3)19(24)23-18-14-7-13-8-15(18)11-21(25,9-13)10-14/h4-6,13-15,18,25H,7-11H2,1-3H3,(H,23,24)/t13?,14-,15+,18+,21+. The molecule has 0 spiro atoms. The molecule has 0 saturated heterocycles. The van der Waals surface area contributed by atoms with Crippen molar-refractivity contribution in [3.8, 4) is 5.75 Å². The molecule has 1 aromatic rings. The van der Waals surface area contributed by atoms with Crippen molar-refractivity contribution in [2.75, 3.05) is 0 Å². The predicted molar refractivity (Wildman–Crippen MR) is 101 cm³/mol. The molecule has 142 valence electrons. The molecule has 4 aliphatic rings. The molecule has 26 heavy (non-hydrogen) atoms. The molecule has 0 heterocycles. The largest absolute Gasteiger partial charge is 0.478 e. The first kappa shape index (κ1) is 18.1. The summed E-state index contributed by atoms with van der Waals surface area (Å²) in [6.07, 6.45) is 4.85. The molecule has 5 heteroatoms. The minimum atomic E-state index is -0.968. The number of hydrogen-bond donors (Lipinski definition) is 2. The molecule has 4 fully saturated rings. The fraction of sp³-hybridized carbons (Fsp3) is 0.667. The number of benzene rings is 1. The number of aliphatic hydroxyl groups is 1. The first-order valence-corrected chi connectivity index (χ1v) is 10.0. The summed E-state index contributed by atoms with van der Waals surface area (Å²) >= 11 is 6.01. The Morgan fingerprint density at radius 1 is 1.27 bits per heavy atom. The molecule has 0 radical (unpaired) electrons. The van der Waals surface area contributed by atoms with Crippen molar-refractivity contribution >= 4 is 17.5 Å². The van der Waals surface area contributed by atoms with Crippen molar-refractivity contribution in [3.63, 3.8) is 0 Å². The molecule has 4 aliphatic carbocycles. The van der Waals surface area contributed by atoms with Crippen molar-refractivity contribution in [3.05, 3.63) is 28.8 Å². The maximum absolute atomic E-state index is 13.0. The van der Waals surface area contributed by atoms with E-state index in [2.05, 4.69) is 5.32 Å². The molecule has 4 saturated carbocycles. The summed E-state index contributed by atoms with van der Waals surface area (Å²) < 4.78 is 6.04. The molecule has 2 N–H and O–H groups in total. The van der Waals surface area contributed by atoms with Gasteiger partial charge in [0, 0.05) is 11.1 Å². The van der Waals surface area contributed by atoms with Gasteiger partial charge in [-0.15, -0.1) is 0 Å². The number of ether oxygens (including phenoxy) is 1. The lowest BCUT2D eigenvalue weighted by Gasteiger charge is -2.58. The quantitative estimate of drug-likeness (QED) is 0.837. The van der Waals surface area contributed by atoms with Gasteiger partial charge in [0.05, 0.1) is 5.60 Å². The normalized spacial score (nSPS) is 35.4. The van der Waals surface area contributed by atoms with Crippen LogP contribution in [0, 0.1) is 24.7 Å². The number of aryl methyl sites for hydroxylation is 1. The van der Waals surface area contributed by atoms with E-state index in [1.54, 1.807) is 19.9 Å². The maximum Gasteiger partial charge on any atom is 0.263 e. The zero-order valence-corrected chi connectivity index (χ0v) is 16.5. The number of carbonyl (C=O) groups excluding carboxylic acids is 1. The zero-order valence-electron chi connectivity index (χ0n) is 15.7. The molecule has 1 unspecified atom stereocenters. The van der Waals surface area contributed by atoms with Crippen molar-refractivity contribution in [1.29, 1.82) is 0 Å². The van der Waals surface area contributed by atoms with Crippen LogP contribution in [-0.2, 0) is 4.79 Å². The van der Waals surface area contributed by atoms with Crippen LogP contribution in [0.5, 0.6) is 5.75 Å². The summed E-state index contributed by atoms with van der Waals surface area (Å²) in [7, 11) is 0. The van der Waals surface area contributed by atoms with Crippen LogP contribution in [0.4, 0.5) is 0 Å². The monoisotopic (exact) mass is 377 g/mol. The first-order valence-electron chi connectivity index (χ1n) is 9.64. The summed E-state index contributed by atoms with van der Waals surface area (Å²) in [6, 6.07) is 5.58. The van der Waals surface area contributed by atoms with Gasteiger partial charge < -0.3 is 15.2 Å². The van der Waals surface area contributed by atoms with Crippen LogP contribution in [0.15, 0.2) is 18.2 Å². The minimum absolute atomic E-state index is 0.0867. The van der Waals surface area contributed by atoms with Gasteiger partial charge in [0.1, 0.15) is 5.75 Å². The number of halogens is 1. The summed E-state index contributed by atoms with van der Waals surface area (Å²) in [5, 5.41) is 14.6. The molecule has 4 nitrogen and oxygen atoms in total. The molecule has 1 aromatic carbocycles. The van der Waals surface area contributed by atoms with E-state index in [9.17, 15) is 9.90 Å². The highest BCUT2D eigenvalue weighted by molar-refractivity contribution is 6.30. The number of amides is 1. The maximum atomic E-state index is 13.0. The molecular weight excluding hydrogens is 350 g/mol. The predicted octanol–water partition coefficient (Wildman–Crippen LogP) is 3.86. The van der Waals surface area contributed by atoms with Gasteiger partial charge in [-0.1, -0.05) is 11.6 Å². The number of nitrogens with one attached hydrogen (secondary N) is 1. The van der Waals surface area contributed by atoms with E-state index < -0.39 is 11.2 Å². The van der Waals surface area contributed by atoms with Crippen LogP contribution in [0.3, 0.4) is 0 Å². The molecule has 0 aromatic heterocycles. The van der Waals surface area contributed by atoms with E-state index in [1.165, 1.54) is 0 Å². The Labute approximate surface area is 160 Å². The van der Waals surface area contributed by atoms with Gasteiger partial charge >= 0.3 is 0 Å². The Morgan fingerprint density at radius 3 is 2.50 bits per heavy atom. The van der Waals surface area contributed by atoms with E-state index in [0.29, 0.717) is 28.5 Å². The first-order chi connectivity index (χ1) is 12.2. The van der Waals surface area contributed by atoms with Gasteiger partial charge in [-0.3, -0.25) is 4.79 Å². The van der Waals surface area contributed by atoms with Crippen LogP contribution >= 0.6 is 11.6 Å². The second kappa shape index (κ2) is 6.13. The Morgan fingerprint density at radius 2 is 1.92 bits per heavy atom. The minimum Gasteiger partial charge on any atom is -0.478 e. The topological polar surface area (TPSA) is 58.6 Å². The van der Waals surface area contributed by atoms with Crippen molar-refractivity contribution in [1.82, 2.24) is 5.32 Å². The Balaban J connectivity index is 1.45. The zero-order chi connectivity index (χ0) is 18.7. The van der Waals surface area contributed by atoms with E-state index >= 15 is 0 Å². The summed E-state index contributed by atoms with van der Waals surface area (Å²) in [4.78, 5) is 13.0. The van der Waals surface area contributed by atoms with Gasteiger partial charge in [-0.25, -0.2) is 0 Å². The van der Waals surface area contributed by atoms with Crippen molar-refractivity contribution in [2.24, 2.45) is 17.8 Å². The summed E-state index contributed by atoms with van der Waals surface area (Å²) in [6.45, 7) is 5.54. The highest BCUT2D eigenvalue weighted by atomic mass is 35.5. The number of carbonyl (C=O) groups is 1. The van der Waals surface area contributed by atoms with E-state index in [4.69, 9.17) is 16.3 Å². The Hall–Kier alpha value is -1.26. The molecular formula is C21H28ClNO3. The fourth-order valence-corrected chi connectivity index (χ4v) is 5.82. The number of rotatable bonds is 4. The molecule has 0 aliphatic heterocycles. The lowest BCUT2D eigenvalue weighted by atomic mass is 9.52. The second-order valence-electron chi connectivity index (χ2n) is 9.22. The third-order valence-electron chi connectivity index (χ3n) is 6.59. The van der Waals surface area contributed by atoms with Gasteiger partial charge in [0.25, 0.3) is 5.91 Å². The molecule has 5 atom stereocenters. The molecule has 5 rings (SSSR count). The lowest BCUT2D eigenvalue weighted by molar-refractivity contribution is -0.152. The lowest BCUT2D eigenvalue weighted by Crippen LogP contribution is -2.63. The van der Waals surface area contributed by atoms with Gasteiger partial charge in [-0.2, -0.15) is 0 Å². The van der Waals surface area contributed by atoms with Crippen molar-refractivity contribution in [2.45, 2.75) is 70.1 Å². The smallest absolute Gasteiger partial charge is 0.263 e. The Kier molecular flexibility index (Phi) is 4.27. The Bertz CT molecular complexity index is 716. The van der Waals surface area contributed by atoms with Crippen LogP contribution in [-0.4, -0.2) is 28.3 Å². The van der Waals surface area contributed by atoms with Gasteiger partial charge in [0.2, 0.25) is 0 Å². The van der Waals surface area contributed by atoms with E-state index in [-0.39, 0.29) is 11.9 Å². The van der Waals surface area contributed by atoms with Crippen molar-refractivity contribution < 1.29 is 14.6 Å². The number of hydrogen-bond acceptors (Lipinski definition) is 3. The average molecular weight is 378 g/mol. The highest BCUT2D eigenvalue weighted by Crippen LogP contribution is 2.55. The van der Waals surface area contributed by atoms with Gasteiger partial charge in [0.15, 0.2) is 5.60 Å². The molecule has 4 bridgehead atoms. The summed E-state index contributed by atoms with van der Waals surface area (Å²) in [5.74, 6) is 2.00. The van der Waals surface area contributed by atoms with Crippen LogP contribution in [0.1, 0.15) is 51.5 Å². The average Bonchev–Trinajstić information content (AvgIpc) is 2.51. The van der Waals surface area contributed by atoms with Crippen LogP contribution in [0.2, 0.25) is 5.02 Å². The van der Waals surface area contributed by atoms with Gasteiger partial charge in [-0.05, 0) is 94.4 Å². The third-order valence-corrected chi connectivity index (χ3v) is 6.82. The van der Waals surface area contributed by atoms with E-state index in [1.807, 2.05) is 19.1 Å².